The molecule has 0 bridgehead atoms. The quantitative estimate of drug-likeness (QED) is 0.872. The van der Waals surface area contributed by atoms with Crippen LogP contribution in [0.5, 0.6) is 5.75 Å². The first-order valence-electron chi connectivity index (χ1n) is 6.96. The van der Waals surface area contributed by atoms with E-state index in [1.807, 2.05) is 0 Å². The molecule has 1 N–H and O–H groups in total. The molecule has 5 nitrogen and oxygen atoms in total. The molecule has 6 heteroatoms. The summed E-state index contributed by atoms with van der Waals surface area (Å²) in [7, 11) is 0. The van der Waals surface area contributed by atoms with Crippen LogP contribution < -0.4 is 4.74 Å². The Kier molecular flexibility index (Phi) is 5.14. The van der Waals surface area contributed by atoms with Gasteiger partial charge in [0.25, 0.3) is 0 Å². The highest BCUT2D eigenvalue weighted by molar-refractivity contribution is 5.81. The van der Waals surface area contributed by atoms with Crippen LogP contribution in [0.15, 0.2) is 24.3 Å². The van der Waals surface area contributed by atoms with E-state index in [1.165, 1.54) is 12.1 Å². The van der Waals surface area contributed by atoms with Crippen LogP contribution in [0, 0.1) is 5.82 Å². The number of benzene rings is 1. The molecule has 1 saturated heterocycles. The number of rotatable bonds is 6. The van der Waals surface area contributed by atoms with Gasteiger partial charge in [0.1, 0.15) is 18.2 Å². The second-order valence-corrected chi connectivity index (χ2v) is 5.04. The molecule has 1 atom stereocenters. The third kappa shape index (κ3) is 4.44. The molecule has 1 heterocycles. The lowest BCUT2D eigenvalue weighted by Crippen LogP contribution is -2.39. The third-order valence-electron chi connectivity index (χ3n) is 3.51. The molecular formula is C15H18FNO4. The fraction of sp³-hybridized carbons (Fsp3) is 0.467. The highest BCUT2D eigenvalue weighted by Crippen LogP contribution is 2.20. The van der Waals surface area contributed by atoms with Gasteiger partial charge in [-0.15, -0.1) is 0 Å². The van der Waals surface area contributed by atoms with Gasteiger partial charge in [-0.1, -0.05) is 0 Å². The maximum Gasteiger partial charge on any atom is 0.303 e. The first-order chi connectivity index (χ1) is 10.1. The van der Waals surface area contributed by atoms with Crippen LogP contribution in [0.3, 0.4) is 0 Å². The number of nitrogens with zero attached hydrogens (tertiary/aromatic N) is 1. The number of hydrogen-bond donors (Lipinski definition) is 1. The number of likely N-dealkylation sites (tertiary alicyclic amines) is 1. The Hall–Kier alpha value is -2.11. The fourth-order valence-corrected chi connectivity index (χ4v) is 2.42. The van der Waals surface area contributed by atoms with Gasteiger partial charge in [0.15, 0.2) is 0 Å². The van der Waals surface area contributed by atoms with Crippen molar-refractivity contribution in [2.24, 2.45) is 0 Å². The largest absolute Gasteiger partial charge is 0.491 e. The molecule has 0 aliphatic carbocycles. The van der Waals surface area contributed by atoms with E-state index in [4.69, 9.17) is 9.84 Å². The topological polar surface area (TPSA) is 66.8 Å². The SMILES string of the molecule is O=C(O)CCC(=O)N1CCC[C@H]1COc1ccc(F)cc1. The number of ether oxygens (including phenoxy) is 1. The minimum absolute atomic E-state index is 0.0163. The molecule has 0 unspecified atom stereocenters. The van der Waals surface area contributed by atoms with Crippen LogP contribution >= 0.6 is 0 Å². The Labute approximate surface area is 122 Å². The third-order valence-corrected chi connectivity index (χ3v) is 3.51. The summed E-state index contributed by atoms with van der Waals surface area (Å²) in [6.45, 7) is 0.973. The second-order valence-electron chi connectivity index (χ2n) is 5.04. The van der Waals surface area contributed by atoms with Gasteiger partial charge in [0, 0.05) is 13.0 Å². The van der Waals surface area contributed by atoms with E-state index in [-0.39, 0.29) is 30.6 Å². The van der Waals surface area contributed by atoms with Crippen molar-refractivity contribution in [3.8, 4) is 5.75 Å². The highest BCUT2D eigenvalue weighted by Gasteiger charge is 2.29. The van der Waals surface area contributed by atoms with Gasteiger partial charge in [0.2, 0.25) is 5.91 Å². The Bertz CT molecular complexity index is 503. The number of halogens is 1. The van der Waals surface area contributed by atoms with Crippen LogP contribution in [0.4, 0.5) is 4.39 Å². The Morgan fingerprint density at radius 1 is 1.29 bits per heavy atom. The van der Waals surface area contributed by atoms with Crippen molar-refractivity contribution < 1.29 is 23.8 Å². The molecule has 1 fully saturated rings. The van der Waals surface area contributed by atoms with E-state index in [9.17, 15) is 14.0 Å². The van der Waals surface area contributed by atoms with Crippen LogP contribution in [-0.4, -0.2) is 41.1 Å². The van der Waals surface area contributed by atoms with Gasteiger partial charge in [-0.25, -0.2) is 4.39 Å². The molecule has 1 aliphatic rings. The van der Waals surface area contributed by atoms with Crippen molar-refractivity contribution in [1.82, 2.24) is 4.90 Å². The minimum Gasteiger partial charge on any atom is -0.491 e. The van der Waals surface area contributed by atoms with Crippen molar-refractivity contribution >= 4 is 11.9 Å². The van der Waals surface area contributed by atoms with Crippen molar-refractivity contribution in [3.05, 3.63) is 30.1 Å². The van der Waals surface area contributed by atoms with Crippen molar-refractivity contribution in [2.45, 2.75) is 31.7 Å². The maximum atomic E-state index is 12.8. The van der Waals surface area contributed by atoms with Gasteiger partial charge in [0.05, 0.1) is 12.5 Å². The predicted octanol–water partition coefficient (Wildman–Crippen LogP) is 2.06. The van der Waals surface area contributed by atoms with Crippen molar-refractivity contribution in [1.29, 1.82) is 0 Å². The summed E-state index contributed by atoms with van der Waals surface area (Å²) in [5.74, 6) is -0.890. The summed E-state index contributed by atoms with van der Waals surface area (Å²) in [4.78, 5) is 24.2. The number of carbonyl (C=O) groups is 2. The first-order valence-corrected chi connectivity index (χ1v) is 6.96. The summed E-state index contributed by atoms with van der Waals surface area (Å²) in [5.41, 5.74) is 0. The van der Waals surface area contributed by atoms with Crippen LogP contribution in [0.25, 0.3) is 0 Å². The molecule has 1 aromatic carbocycles. The van der Waals surface area contributed by atoms with Gasteiger partial charge < -0.3 is 14.7 Å². The van der Waals surface area contributed by atoms with E-state index in [1.54, 1.807) is 17.0 Å². The summed E-state index contributed by atoms with van der Waals surface area (Å²) in [6.07, 6.45) is 1.58. The number of aliphatic carboxylic acids is 1. The first kappa shape index (κ1) is 15.3. The average Bonchev–Trinajstić information content (AvgIpc) is 2.92. The summed E-state index contributed by atoms with van der Waals surface area (Å²) < 4.78 is 18.4. The second kappa shape index (κ2) is 7.06. The molecule has 114 valence electrons. The van der Waals surface area contributed by atoms with Crippen molar-refractivity contribution in [3.63, 3.8) is 0 Å². The molecule has 0 spiro atoms. The molecule has 0 radical (unpaired) electrons. The maximum absolute atomic E-state index is 12.8. The van der Waals surface area contributed by atoms with E-state index in [0.29, 0.717) is 18.9 Å². The van der Waals surface area contributed by atoms with Gasteiger partial charge >= 0.3 is 5.97 Å². The number of carboxylic acid groups (broad SMARTS) is 1. The van der Waals surface area contributed by atoms with E-state index < -0.39 is 5.97 Å². The molecule has 0 saturated carbocycles. The van der Waals surface area contributed by atoms with E-state index in [2.05, 4.69) is 0 Å². The number of hydrogen-bond acceptors (Lipinski definition) is 3. The fourth-order valence-electron chi connectivity index (χ4n) is 2.42. The summed E-state index contributed by atoms with van der Waals surface area (Å²) in [5, 5.41) is 8.62. The molecule has 1 aliphatic heterocycles. The molecule has 1 aromatic rings. The monoisotopic (exact) mass is 295 g/mol. The smallest absolute Gasteiger partial charge is 0.303 e. The Morgan fingerprint density at radius 3 is 2.67 bits per heavy atom. The van der Waals surface area contributed by atoms with Gasteiger partial charge in [-0.3, -0.25) is 9.59 Å². The zero-order chi connectivity index (χ0) is 15.2. The van der Waals surface area contributed by atoms with Crippen molar-refractivity contribution in [2.75, 3.05) is 13.2 Å². The Morgan fingerprint density at radius 2 is 2.00 bits per heavy atom. The normalized spacial score (nSPS) is 17.8. The number of carboxylic acids is 1. The average molecular weight is 295 g/mol. The lowest BCUT2D eigenvalue weighted by molar-refractivity contribution is -0.141. The molecule has 1 amide bonds. The summed E-state index contributed by atoms with van der Waals surface area (Å²) in [6, 6.07) is 5.68. The minimum atomic E-state index is -0.971. The van der Waals surface area contributed by atoms with E-state index in [0.717, 1.165) is 12.8 Å². The highest BCUT2D eigenvalue weighted by atomic mass is 19.1. The van der Waals surface area contributed by atoms with Gasteiger partial charge in [-0.2, -0.15) is 0 Å². The summed E-state index contributed by atoms with van der Waals surface area (Å²) >= 11 is 0. The molecule has 2 rings (SSSR count). The lowest BCUT2D eigenvalue weighted by Gasteiger charge is -2.24. The standard InChI is InChI=1S/C15H18FNO4/c16-11-3-5-13(6-4-11)21-10-12-2-1-9-17(12)14(18)7-8-15(19)20/h3-6,12H,1-2,7-10H2,(H,19,20)/t12-/m0/s1. The Balaban J connectivity index is 1.85. The van der Waals surface area contributed by atoms with Crippen LogP contribution in [0.2, 0.25) is 0 Å². The van der Waals surface area contributed by atoms with Crippen LogP contribution in [0.1, 0.15) is 25.7 Å². The number of amides is 1. The molecule has 0 aromatic heterocycles. The molecule has 21 heavy (non-hydrogen) atoms. The van der Waals surface area contributed by atoms with Crippen LogP contribution in [-0.2, 0) is 9.59 Å². The van der Waals surface area contributed by atoms with Gasteiger partial charge in [-0.05, 0) is 37.1 Å². The molecular weight excluding hydrogens is 277 g/mol. The van der Waals surface area contributed by atoms with E-state index >= 15 is 0 Å². The number of carbonyl (C=O) groups excluding carboxylic acids is 1. The zero-order valence-corrected chi connectivity index (χ0v) is 11.6. The lowest BCUT2D eigenvalue weighted by atomic mass is 10.2. The zero-order valence-electron chi connectivity index (χ0n) is 11.6. The predicted molar refractivity (Wildman–Crippen MR) is 73.5 cm³/mol.